The summed E-state index contributed by atoms with van der Waals surface area (Å²) in [7, 11) is 0. The first kappa shape index (κ1) is 8.18. The molecule has 0 aliphatic carbocycles. The fourth-order valence-corrected chi connectivity index (χ4v) is 1.27. The zero-order chi connectivity index (χ0) is 9.42. The van der Waals surface area contributed by atoms with Crippen molar-refractivity contribution in [3.63, 3.8) is 0 Å². The lowest BCUT2D eigenvalue weighted by Gasteiger charge is -1.93. The van der Waals surface area contributed by atoms with E-state index in [0.29, 0.717) is 4.60 Å². The van der Waals surface area contributed by atoms with E-state index in [1.54, 1.807) is 6.07 Å². The van der Waals surface area contributed by atoms with Crippen molar-refractivity contribution in [2.24, 2.45) is 0 Å². The molecule has 0 aliphatic rings. The number of fused-ring (bicyclic) bond motifs is 1. The Bertz CT molecular complexity index is 572. The van der Waals surface area contributed by atoms with Crippen LogP contribution in [0.3, 0.4) is 0 Å². The summed E-state index contributed by atoms with van der Waals surface area (Å²) >= 11 is 3.12. The Morgan fingerprint density at radius 2 is 2.15 bits per heavy atom. The maximum atomic E-state index is 11.1. The molecule has 13 heavy (non-hydrogen) atoms. The van der Waals surface area contributed by atoms with Crippen LogP contribution in [0.25, 0.3) is 11.0 Å². The van der Waals surface area contributed by atoms with Crippen LogP contribution in [0, 0.1) is 0 Å². The monoisotopic (exact) mass is 242 g/mol. The van der Waals surface area contributed by atoms with Gasteiger partial charge < -0.3 is 4.42 Å². The maximum absolute atomic E-state index is 11.1. The minimum Gasteiger partial charge on any atom is -0.372 e. The molecule has 0 unspecified atom stereocenters. The van der Waals surface area contributed by atoms with Crippen LogP contribution in [-0.2, 0) is 0 Å². The third-order valence-corrected chi connectivity index (χ3v) is 1.93. The standard InChI is InChI=1S/C7H3BrN2O3/c8-4-2-1-3-5(9-4)10-7(12)13-6(3)11/h1-2H,(H,9,10,12). The quantitative estimate of drug-likeness (QED) is 0.689. The fourth-order valence-electron chi connectivity index (χ4n) is 0.957. The predicted octanol–water partition coefficient (Wildman–Crippen LogP) is 0.639. The van der Waals surface area contributed by atoms with Crippen LogP contribution in [0.15, 0.2) is 30.7 Å². The third kappa shape index (κ3) is 1.40. The number of H-pyrrole nitrogens is 1. The molecule has 0 fully saturated rings. The van der Waals surface area contributed by atoms with E-state index in [2.05, 4.69) is 30.3 Å². The van der Waals surface area contributed by atoms with Crippen molar-refractivity contribution < 1.29 is 4.42 Å². The van der Waals surface area contributed by atoms with Crippen molar-refractivity contribution in [3.8, 4) is 0 Å². The maximum Gasteiger partial charge on any atom is 0.420 e. The number of nitrogens with zero attached hydrogens (tertiary/aromatic N) is 1. The molecular formula is C7H3BrN2O3. The van der Waals surface area contributed by atoms with Crippen LogP contribution in [0.2, 0.25) is 0 Å². The van der Waals surface area contributed by atoms with Crippen LogP contribution < -0.4 is 11.4 Å². The number of hydrogen-bond donors (Lipinski definition) is 1. The van der Waals surface area contributed by atoms with Gasteiger partial charge in [-0.05, 0) is 28.1 Å². The Balaban J connectivity index is 3.03. The average Bonchev–Trinajstić information content (AvgIpc) is 2.02. The molecule has 6 heteroatoms. The highest BCUT2D eigenvalue weighted by Crippen LogP contribution is 2.08. The van der Waals surface area contributed by atoms with Crippen LogP contribution in [0.4, 0.5) is 0 Å². The van der Waals surface area contributed by atoms with E-state index in [1.807, 2.05) is 0 Å². The number of rotatable bonds is 0. The molecule has 0 saturated carbocycles. The topological polar surface area (TPSA) is 76.0 Å². The van der Waals surface area contributed by atoms with E-state index < -0.39 is 11.4 Å². The SMILES string of the molecule is O=c1[nH]c2nc(Br)ccc2c(=O)o1. The van der Waals surface area contributed by atoms with Gasteiger partial charge in [0.25, 0.3) is 0 Å². The summed E-state index contributed by atoms with van der Waals surface area (Å²) in [5, 5.41) is 0.253. The molecule has 1 N–H and O–H groups in total. The normalized spacial score (nSPS) is 10.5. The summed E-state index contributed by atoms with van der Waals surface area (Å²) in [5.74, 6) is -0.803. The highest BCUT2D eigenvalue weighted by molar-refractivity contribution is 9.10. The summed E-state index contributed by atoms with van der Waals surface area (Å²) in [4.78, 5) is 28.0. The van der Waals surface area contributed by atoms with Gasteiger partial charge in [0.15, 0.2) is 5.65 Å². The van der Waals surface area contributed by atoms with Gasteiger partial charge in [0.2, 0.25) is 0 Å². The fraction of sp³-hybridized carbons (Fsp3) is 0. The van der Waals surface area contributed by atoms with E-state index in [0.717, 1.165) is 0 Å². The van der Waals surface area contributed by atoms with Crippen LogP contribution in [-0.4, -0.2) is 9.97 Å². The number of nitrogens with one attached hydrogen (secondary N) is 1. The minimum atomic E-state index is -0.803. The molecule has 66 valence electrons. The first-order chi connectivity index (χ1) is 6.16. The molecule has 2 rings (SSSR count). The average molecular weight is 243 g/mol. The number of aromatic amines is 1. The van der Waals surface area contributed by atoms with Gasteiger partial charge in [-0.25, -0.2) is 14.6 Å². The highest BCUT2D eigenvalue weighted by Gasteiger charge is 2.03. The molecule has 0 radical (unpaired) electrons. The summed E-state index contributed by atoms with van der Waals surface area (Å²) in [6.07, 6.45) is 0. The Morgan fingerprint density at radius 3 is 2.92 bits per heavy atom. The number of hydrogen-bond acceptors (Lipinski definition) is 4. The Morgan fingerprint density at radius 1 is 1.38 bits per heavy atom. The van der Waals surface area contributed by atoms with Crippen molar-refractivity contribution in [1.82, 2.24) is 9.97 Å². The molecule has 2 aromatic heterocycles. The molecule has 2 aromatic rings. The van der Waals surface area contributed by atoms with Crippen LogP contribution >= 0.6 is 15.9 Å². The predicted molar refractivity (Wildman–Crippen MR) is 48.6 cm³/mol. The summed E-state index contributed by atoms with van der Waals surface area (Å²) in [6.45, 7) is 0. The first-order valence-corrected chi connectivity index (χ1v) is 4.16. The van der Waals surface area contributed by atoms with E-state index in [1.165, 1.54) is 6.07 Å². The zero-order valence-corrected chi connectivity index (χ0v) is 7.79. The lowest BCUT2D eigenvalue weighted by Crippen LogP contribution is -2.15. The Kier molecular flexibility index (Phi) is 1.77. The van der Waals surface area contributed by atoms with E-state index in [9.17, 15) is 9.59 Å². The molecule has 2 heterocycles. The molecule has 0 saturated heterocycles. The van der Waals surface area contributed by atoms with Crippen molar-refractivity contribution in [1.29, 1.82) is 0 Å². The second kappa shape index (κ2) is 2.81. The van der Waals surface area contributed by atoms with E-state index in [-0.39, 0.29) is 11.0 Å². The zero-order valence-electron chi connectivity index (χ0n) is 6.20. The molecule has 0 aliphatic heterocycles. The van der Waals surface area contributed by atoms with Crippen molar-refractivity contribution in [2.45, 2.75) is 0 Å². The highest BCUT2D eigenvalue weighted by atomic mass is 79.9. The minimum absolute atomic E-state index is 0.218. The van der Waals surface area contributed by atoms with E-state index >= 15 is 0 Å². The van der Waals surface area contributed by atoms with Gasteiger partial charge in [0, 0.05) is 0 Å². The van der Waals surface area contributed by atoms with Gasteiger partial charge >= 0.3 is 11.4 Å². The lowest BCUT2D eigenvalue weighted by molar-refractivity contribution is 0.459. The smallest absolute Gasteiger partial charge is 0.372 e. The Labute approximate surface area is 79.5 Å². The molecule has 0 bridgehead atoms. The van der Waals surface area contributed by atoms with Crippen LogP contribution in [0.5, 0.6) is 0 Å². The second-order valence-electron chi connectivity index (χ2n) is 2.33. The number of halogens is 1. The van der Waals surface area contributed by atoms with Crippen molar-refractivity contribution in [3.05, 3.63) is 37.7 Å². The lowest BCUT2D eigenvalue weighted by atomic mass is 10.3. The molecule has 0 spiro atoms. The van der Waals surface area contributed by atoms with Crippen molar-refractivity contribution >= 4 is 27.0 Å². The van der Waals surface area contributed by atoms with Gasteiger partial charge in [-0.1, -0.05) is 0 Å². The second-order valence-corrected chi connectivity index (χ2v) is 3.14. The molecule has 0 amide bonds. The van der Waals surface area contributed by atoms with Gasteiger partial charge in [-0.15, -0.1) is 0 Å². The molecular weight excluding hydrogens is 240 g/mol. The number of pyridine rings is 1. The third-order valence-electron chi connectivity index (χ3n) is 1.49. The van der Waals surface area contributed by atoms with Gasteiger partial charge in [0.1, 0.15) is 9.99 Å². The number of aromatic nitrogens is 2. The summed E-state index contributed by atoms with van der Waals surface area (Å²) in [6, 6.07) is 3.12. The van der Waals surface area contributed by atoms with Gasteiger partial charge in [0.05, 0.1) is 0 Å². The Hall–Kier alpha value is -1.43. The molecule has 0 aromatic carbocycles. The van der Waals surface area contributed by atoms with Crippen LogP contribution in [0.1, 0.15) is 0 Å². The largest absolute Gasteiger partial charge is 0.420 e. The molecule has 0 atom stereocenters. The first-order valence-electron chi connectivity index (χ1n) is 3.36. The van der Waals surface area contributed by atoms with E-state index in [4.69, 9.17) is 0 Å². The summed E-state index contributed by atoms with van der Waals surface area (Å²) in [5.41, 5.74) is -0.464. The molecule has 5 nitrogen and oxygen atoms in total. The summed E-state index contributed by atoms with van der Waals surface area (Å²) < 4.78 is 4.85. The van der Waals surface area contributed by atoms with Crippen molar-refractivity contribution in [2.75, 3.05) is 0 Å². The van der Waals surface area contributed by atoms with Gasteiger partial charge in [-0.2, -0.15) is 0 Å². The van der Waals surface area contributed by atoms with Gasteiger partial charge in [-0.3, -0.25) is 4.98 Å².